The molecule has 0 aromatic rings. The number of methoxy groups -OCH3 is 1. The topological polar surface area (TPSA) is 46.5 Å². The van der Waals surface area contributed by atoms with Crippen molar-refractivity contribution in [2.24, 2.45) is 34.5 Å². The summed E-state index contributed by atoms with van der Waals surface area (Å²) in [4.78, 5) is 12.5. The Kier molecular flexibility index (Phi) is 4.35. The molecule has 0 bridgehead atoms. The molecule has 0 unspecified atom stereocenters. The molecule has 7 atom stereocenters. The van der Waals surface area contributed by atoms with Crippen molar-refractivity contribution in [3.05, 3.63) is 0 Å². The van der Waals surface area contributed by atoms with Crippen LogP contribution in [0.15, 0.2) is 0 Å². The van der Waals surface area contributed by atoms with E-state index in [-0.39, 0.29) is 5.41 Å². The van der Waals surface area contributed by atoms with Gasteiger partial charge in [0.25, 0.3) is 0 Å². The summed E-state index contributed by atoms with van der Waals surface area (Å²) in [5.74, 6) is 3.32. The van der Waals surface area contributed by atoms with E-state index in [1.807, 2.05) is 0 Å². The number of carbonyl (C=O) groups excluding carboxylic acids is 1. The molecule has 1 N–H and O–H groups in total. The zero-order chi connectivity index (χ0) is 17.9. The monoisotopic (exact) mass is 348 g/mol. The van der Waals surface area contributed by atoms with Gasteiger partial charge in [0.05, 0.1) is 12.2 Å². The first kappa shape index (κ1) is 18.0. The van der Waals surface area contributed by atoms with Crippen LogP contribution in [0.4, 0.5) is 0 Å². The van der Waals surface area contributed by atoms with Crippen molar-refractivity contribution in [2.75, 3.05) is 13.7 Å². The van der Waals surface area contributed by atoms with Crippen molar-refractivity contribution in [2.45, 2.75) is 83.7 Å². The fourth-order valence-corrected chi connectivity index (χ4v) is 8.01. The van der Waals surface area contributed by atoms with E-state index in [1.165, 1.54) is 25.7 Å². The third-order valence-electron chi connectivity index (χ3n) is 9.30. The molecular formula is C22H36O3. The first-order chi connectivity index (χ1) is 11.9. The molecule has 142 valence electrons. The van der Waals surface area contributed by atoms with Gasteiger partial charge in [-0.3, -0.25) is 4.79 Å². The zero-order valence-electron chi connectivity index (χ0n) is 16.4. The Morgan fingerprint density at radius 2 is 1.92 bits per heavy atom. The predicted molar refractivity (Wildman–Crippen MR) is 98.2 cm³/mol. The summed E-state index contributed by atoms with van der Waals surface area (Å²) in [5, 5.41) is 11.0. The minimum Gasteiger partial charge on any atom is -0.387 e. The molecule has 4 saturated carbocycles. The SMILES string of the molecule is CC[C@]12CC[C@@](O)(COC)C[C@H]1CC[C@@H]1[C@@H]2CC[C@]2(C)C(=O)CC[C@@H]12. The number of carbonyl (C=O) groups is 1. The van der Waals surface area contributed by atoms with Crippen LogP contribution in [0.2, 0.25) is 0 Å². The maximum Gasteiger partial charge on any atom is 0.139 e. The Bertz CT molecular complexity index is 545. The molecule has 25 heavy (non-hydrogen) atoms. The summed E-state index contributed by atoms with van der Waals surface area (Å²) >= 11 is 0. The number of rotatable bonds is 3. The Labute approximate surface area is 152 Å². The Balaban J connectivity index is 1.61. The van der Waals surface area contributed by atoms with Gasteiger partial charge in [0.1, 0.15) is 5.78 Å². The van der Waals surface area contributed by atoms with E-state index in [9.17, 15) is 9.90 Å². The van der Waals surface area contributed by atoms with Crippen LogP contribution in [-0.2, 0) is 9.53 Å². The summed E-state index contributed by atoms with van der Waals surface area (Å²) in [7, 11) is 1.70. The average molecular weight is 349 g/mol. The lowest BCUT2D eigenvalue weighted by molar-refractivity contribution is -0.170. The molecule has 0 aromatic carbocycles. The first-order valence-electron chi connectivity index (χ1n) is 10.6. The lowest BCUT2D eigenvalue weighted by Crippen LogP contribution is -2.57. The lowest BCUT2D eigenvalue weighted by Gasteiger charge is -2.62. The number of ether oxygens (including phenoxy) is 1. The van der Waals surface area contributed by atoms with Crippen molar-refractivity contribution in [1.29, 1.82) is 0 Å². The van der Waals surface area contributed by atoms with Gasteiger partial charge in [-0.25, -0.2) is 0 Å². The van der Waals surface area contributed by atoms with Crippen LogP contribution < -0.4 is 0 Å². The second-order valence-corrected chi connectivity index (χ2v) is 10.0. The Hall–Kier alpha value is -0.410. The van der Waals surface area contributed by atoms with Gasteiger partial charge in [0.2, 0.25) is 0 Å². The van der Waals surface area contributed by atoms with Crippen molar-refractivity contribution in [3.63, 3.8) is 0 Å². The Morgan fingerprint density at radius 1 is 1.12 bits per heavy atom. The third kappa shape index (κ3) is 2.48. The van der Waals surface area contributed by atoms with E-state index < -0.39 is 5.60 Å². The van der Waals surface area contributed by atoms with Crippen LogP contribution in [0, 0.1) is 34.5 Å². The highest BCUT2D eigenvalue weighted by atomic mass is 16.5. The molecule has 4 aliphatic rings. The molecule has 0 heterocycles. The number of Topliss-reactive ketones (excluding diaryl/α,β-unsaturated/α-hetero) is 1. The molecule has 0 spiro atoms. The number of fused-ring (bicyclic) bond motifs is 5. The zero-order valence-corrected chi connectivity index (χ0v) is 16.4. The summed E-state index contributed by atoms with van der Waals surface area (Å²) < 4.78 is 5.33. The van der Waals surface area contributed by atoms with Gasteiger partial charge in [-0.1, -0.05) is 13.8 Å². The Morgan fingerprint density at radius 3 is 2.64 bits per heavy atom. The van der Waals surface area contributed by atoms with Crippen molar-refractivity contribution in [3.8, 4) is 0 Å². The number of hydrogen-bond acceptors (Lipinski definition) is 3. The highest BCUT2D eigenvalue weighted by Gasteiger charge is 2.62. The van der Waals surface area contributed by atoms with Crippen LogP contribution in [0.3, 0.4) is 0 Å². The highest BCUT2D eigenvalue weighted by molar-refractivity contribution is 5.87. The number of ketones is 1. The molecule has 3 heteroatoms. The minimum atomic E-state index is -0.614. The number of aliphatic hydroxyl groups is 1. The van der Waals surface area contributed by atoms with Crippen LogP contribution in [-0.4, -0.2) is 30.2 Å². The second kappa shape index (κ2) is 6.05. The number of hydrogen-bond donors (Lipinski definition) is 1. The van der Waals surface area contributed by atoms with Crippen molar-refractivity contribution >= 4 is 5.78 Å². The van der Waals surface area contributed by atoms with E-state index in [4.69, 9.17) is 4.74 Å². The molecule has 0 saturated heterocycles. The lowest BCUT2D eigenvalue weighted by atomic mass is 9.43. The highest BCUT2D eigenvalue weighted by Crippen LogP contribution is 2.67. The summed E-state index contributed by atoms with van der Waals surface area (Å²) in [6.07, 6.45) is 11.0. The summed E-state index contributed by atoms with van der Waals surface area (Å²) in [6, 6.07) is 0. The quantitative estimate of drug-likeness (QED) is 0.824. The molecule has 0 radical (unpaired) electrons. The molecule has 4 rings (SSSR count). The predicted octanol–water partition coefficient (Wildman–Crippen LogP) is 4.37. The smallest absolute Gasteiger partial charge is 0.139 e. The molecule has 4 fully saturated rings. The van der Waals surface area contributed by atoms with Gasteiger partial charge < -0.3 is 9.84 Å². The van der Waals surface area contributed by atoms with Crippen molar-refractivity contribution in [1.82, 2.24) is 0 Å². The van der Waals surface area contributed by atoms with Gasteiger partial charge in [-0.05, 0) is 86.9 Å². The molecule has 0 aliphatic heterocycles. The van der Waals surface area contributed by atoms with Gasteiger partial charge in [-0.2, -0.15) is 0 Å². The normalized spacial score (nSPS) is 52.4. The van der Waals surface area contributed by atoms with Crippen LogP contribution in [0.1, 0.15) is 78.1 Å². The van der Waals surface area contributed by atoms with Gasteiger partial charge in [-0.15, -0.1) is 0 Å². The molecule has 3 nitrogen and oxygen atoms in total. The van der Waals surface area contributed by atoms with Crippen LogP contribution >= 0.6 is 0 Å². The van der Waals surface area contributed by atoms with E-state index in [0.717, 1.165) is 50.4 Å². The van der Waals surface area contributed by atoms with Gasteiger partial charge in [0.15, 0.2) is 0 Å². The van der Waals surface area contributed by atoms with E-state index >= 15 is 0 Å². The molecule has 0 aromatic heterocycles. The van der Waals surface area contributed by atoms with Gasteiger partial charge >= 0.3 is 0 Å². The summed E-state index contributed by atoms with van der Waals surface area (Å²) in [5.41, 5.74) is -0.234. The average Bonchev–Trinajstić information content (AvgIpc) is 2.90. The fraction of sp³-hybridized carbons (Fsp3) is 0.955. The van der Waals surface area contributed by atoms with Crippen LogP contribution in [0.5, 0.6) is 0 Å². The molecular weight excluding hydrogens is 312 g/mol. The van der Waals surface area contributed by atoms with Crippen molar-refractivity contribution < 1.29 is 14.6 Å². The maximum atomic E-state index is 12.5. The van der Waals surface area contributed by atoms with Gasteiger partial charge in [0, 0.05) is 18.9 Å². The van der Waals surface area contributed by atoms with Crippen LogP contribution in [0.25, 0.3) is 0 Å². The maximum absolute atomic E-state index is 12.5. The largest absolute Gasteiger partial charge is 0.387 e. The minimum absolute atomic E-state index is 0.0195. The molecule has 0 amide bonds. The van der Waals surface area contributed by atoms with E-state index in [0.29, 0.717) is 29.6 Å². The van der Waals surface area contributed by atoms with E-state index in [2.05, 4.69) is 13.8 Å². The summed E-state index contributed by atoms with van der Waals surface area (Å²) in [6.45, 7) is 5.13. The van der Waals surface area contributed by atoms with E-state index in [1.54, 1.807) is 7.11 Å². The third-order valence-corrected chi connectivity index (χ3v) is 9.30. The molecule has 4 aliphatic carbocycles. The standard InChI is InChI=1S/C22H36O3/c1-4-22-12-11-21(24,14-25-3)13-15(22)5-6-16-17-7-8-19(23)20(17,2)10-9-18(16)22/h15-18,24H,4-14H2,1-3H3/t15-,16+,17+,18+,20+,21+,22+/m1/s1. The fourth-order valence-electron chi connectivity index (χ4n) is 8.01. The first-order valence-corrected chi connectivity index (χ1v) is 10.6. The second-order valence-electron chi connectivity index (χ2n) is 10.0.